The molecule has 1 saturated heterocycles. The zero-order chi connectivity index (χ0) is 10.8. The summed E-state index contributed by atoms with van der Waals surface area (Å²) in [6.45, 7) is 0. The fourth-order valence-corrected chi connectivity index (χ4v) is 1.91. The van der Waals surface area contributed by atoms with Gasteiger partial charge in [0.05, 0.1) is 6.42 Å². The number of nitrogens with one attached hydrogen (secondary N) is 2. The molecular weight excluding hydrogens is 260 g/mol. The SMILES string of the molecule is O=C1CC(=O)C(c2cccc(Br)c2)NN1. The standard InChI is InChI=1S/C10H9BrN2O2/c11-7-3-1-2-6(4-7)10-8(14)5-9(15)12-13-10/h1-4,10,13H,5H2,(H,12,15). The van der Waals surface area contributed by atoms with Crippen molar-refractivity contribution in [1.29, 1.82) is 0 Å². The van der Waals surface area contributed by atoms with Crippen LogP contribution in [0.25, 0.3) is 0 Å². The molecule has 2 rings (SSSR count). The highest BCUT2D eigenvalue weighted by atomic mass is 79.9. The maximum atomic E-state index is 11.6. The minimum absolute atomic E-state index is 0.0653. The van der Waals surface area contributed by atoms with Crippen molar-refractivity contribution in [2.45, 2.75) is 12.5 Å². The highest BCUT2D eigenvalue weighted by Crippen LogP contribution is 2.20. The van der Waals surface area contributed by atoms with Crippen LogP contribution >= 0.6 is 15.9 Å². The lowest BCUT2D eigenvalue weighted by Gasteiger charge is -2.23. The molecule has 1 atom stereocenters. The number of carbonyl (C=O) groups is 2. The fourth-order valence-electron chi connectivity index (χ4n) is 1.49. The Balaban J connectivity index is 2.24. The van der Waals surface area contributed by atoms with E-state index in [-0.39, 0.29) is 18.1 Å². The molecule has 1 heterocycles. The van der Waals surface area contributed by atoms with Gasteiger partial charge in [-0.05, 0) is 17.7 Å². The molecule has 78 valence electrons. The Kier molecular flexibility index (Phi) is 2.83. The Labute approximate surface area is 95.1 Å². The van der Waals surface area contributed by atoms with Gasteiger partial charge in [0.25, 0.3) is 0 Å². The Hall–Kier alpha value is -1.20. The molecule has 0 radical (unpaired) electrons. The van der Waals surface area contributed by atoms with Crippen molar-refractivity contribution in [3.8, 4) is 0 Å². The number of carbonyl (C=O) groups excluding carboxylic acids is 2. The quantitative estimate of drug-likeness (QED) is 0.750. The minimum Gasteiger partial charge on any atom is -0.297 e. The molecule has 0 saturated carbocycles. The van der Waals surface area contributed by atoms with Gasteiger partial charge in [-0.25, -0.2) is 5.43 Å². The first kappa shape index (κ1) is 10.3. The molecule has 1 aliphatic heterocycles. The molecule has 1 fully saturated rings. The smallest absolute Gasteiger partial charge is 0.241 e. The van der Waals surface area contributed by atoms with Gasteiger partial charge >= 0.3 is 0 Å². The van der Waals surface area contributed by atoms with Crippen molar-refractivity contribution < 1.29 is 9.59 Å². The number of amides is 1. The van der Waals surface area contributed by atoms with Gasteiger partial charge in [0, 0.05) is 4.47 Å². The highest BCUT2D eigenvalue weighted by molar-refractivity contribution is 9.10. The van der Waals surface area contributed by atoms with Gasteiger partial charge in [-0.1, -0.05) is 28.1 Å². The molecule has 0 aromatic heterocycles. The number of ketones is 1. The third kappa shape index (κ3) is 2.24. The summed E-state index contributed by atoms with van der Waals surface area (Å²) in [6, 6.07) is 6.99. The molecule has 0 bridgehead atoms. The van der Waals surface area contributed by atoms with E-state index in [1.807, 2.05) is 24.3 Å². The number of hydrogen-bond acceptors (Lipinski definition) is 3. The van der Waals surface area contributed by atoms with Gasteiger partial charge in [-0.15, -0.1) is 0 Å². The Bertz CT molecular complexity index is 420. The molecule has 2 N–H and O–H groups in total. The van der Waals surface area contributed by atoms with Crippen LogP contribution in [0.3, 0.4) is 0 Å². The normalized spacial score (nSPS) is 21.3. The summed E-state index contributed by atoms with van der Waals surface area (Å²) >= 11 is 3.33. The van der Waals surface area contributed by atoms with Gasteiger partial charge in [-0.2, -0.15) is 0 Å². The summed E-state index contributed by atoms with van der Waals surface area (Å²) < 4.78 is 0.909. The van der Waals surface area contributed by atoms with Gasteiger partial charge in [0.2, 0.25) is 5.91 Å². The van der Waals surface area contributed by atoms with Crippen molar-refractivity contribution >= 4 is 27.6 Å². The number of hydrogen-bond donors (Lipinski definition) is 2. The van der Waals surface area contributed by atoms with Crippen LogP contribution in [-0.2, 0) is 9.59 Å². The van der Waals surface area contributed by atoms with Crippen LogP contribution in [0, 0.1) is 0 Å². The first-order valence-electron chi connectivity index (χ1n) is 4.49. The first-order valence-corrected chi connectivity index (χ1v) is 5.28. The number of benzene rings is 1. The van der Waals surface area contributed by atoms with E-state index in [1.165, 1.54) is 0 Å². The average molecular weight is 269 g/mol. The lowest BCUT2D eigenvalue weighted by Crippen LogP contribution is -2.49. The van der Waals surface area contributed by atoms with Crippen molar-refractivity contribution in [3.05, 3.63) is 34.3 Å². The van der Waals surface area contributed by atoms with Crippen LogP contribution in [0.15, 0.2) is 28.7 Å². The molecule has 15 heavy (non-hydrogen) atoms. The van der Waals surface area contributed by atoms with E-state index >= 15 is 0 Å². The van der Waals surface area contributed by atoms with Crippen molar-refractivity contribution in [3.63, 3.8) is 0 Å². The molecular formula is C10H9BrN2O2. The molecule has 4 nitrogen and oxygen atoms in total. The number of rotatable bonds is 1. The van der Waals surface area contributed by atoms with E-state index in [0.717, 1.165) is 10.0 Å². The number of Topliss-reactive ketones (excluding diaryl/α,β-unsaturated/α-hetero) is 1. The van der Waals surface area contributed by atoms with Crippen molar-refractivity contribution in [2.24, 2.45) is 0 Å². The lowest BCUT2D eigenvalue weighted by molar-refractivity contribution is -0.134. The zero-order valence-electron chi connectivity index (χ0n) is 7.79. The second-order valence-electron chi connectivity index (χ2n) is 3.32. The largest absolute Gasteiger partial charge is 0.297 e. The van der Waals surface area contributed by atoms with Crippen molar-refractivity contribution in [1.82, 2.24) is 10.9 Å². The monoisotopic (exact) mass is 268 g/mol. The van der Waals surface area contributed by atoms with Crippen LogP contribution in [0.4, 0.5) is 0 Å². The molecule has 1 aromatic rings. The summed E-state index contributed by atoms with van der Waals surface area (Å²) in [5.41, 5.74) is 5.99. The van der Waals surface area contributed by atoms with Crippen molar-refractivity contribution in [2.75, 3.05) is 0 Å². The topological polar surface area (TPSA) is 58.2 Å². The first-order chi connectivity index (χ1) is 7.16. The van der Waals surface area contributed by atoms with Crippen LogP contribution in [0.1, 0.15) is 18.0 Å². The van der Waals surface area contributed by atoms with Gasteiger partial charge < -0.3 is 0 Å². The second-order valence-corrected chi connectivity index (χ2v) is 4.24. The van der Waals surface area contributed by atoms with Crippen LogP contribution in [0.2, 0.25) is 0 Å². The van der Waals surface area contributed by atoms with E-state index in [9.17, 15) is 9.59 Å². The van der Waals surface area contributed by atoms with E-state index in [4.69, 9.17) is 0 Å². The van der Waals surface area contributed by atoms with Gasteiger partial charge in [0.15, 0.2) is 5.78 Å². The maximum absolute atomic E-state index is 11.6. The summed E-state index contributed by atoms with van der Waals surface area (Å²) in [5, 5.41) is 0. The van der Waals surface area contributed by atoms with E-state index in [1.54, 1.807) is 0 Å². The Morgan fingerprint density at radius 1 is 1.33 bits per heavy atom. The maximum Gasteiger partial charge on any atom is 0.241 e. The molecule has 0 spiro atoms. The summed E-state index contributed by atoms with van der Waals surface area (Å²) in [7, 11) is 0. The fraction of sp³-hybridized carbons (Fsp3) is 0.200. The number of halogens is 1. The Morgan fingerprint density at radius 2 is 2.13 bits per heavy atom. The third-order valence-electron chi connectivity index (χ3n) is 2.19. The lowest BCUT2D eigenvalue weighted by atomic mass is 10.00. The van der Waals surface area contributed by atoms with E-state index in [2.05, 4.69) is 26.8 Å². The molecule has 5 heteroatoms. The van der Waals surface area contributed by atoms with Crippen LogP contribution in [-0.4, -0.2) is 11.7 Å². The Morgan fingerprint density at radius 3 is 2.80 bits per heavy atom. The van der Waals surface area contributed by atoms with Crippen LogP contribution < -0.4 is 10.9 Å². The summed E-state index contributed by atoms with van der Waals surface area (Å²) in [4.78, 5) is 22.5. The number of hydrazine groups is 1. The van der Waals surface area contributed by atoms with Crippen LogP contribution in [0.5, 0.6) is 0 Å². The highest BCUT2D eigenvalue weighted by Gasteiger charge is 2.27. The van der Waals surface area contributed by atoms with Gasteiger partial charge in [-0.3, -0.25) is 15.0 Å². The molecule has 1 aromatic carbocycles. The molecule has 1 aliphatic rings. The summed E-state index contributed by atoms with van der Waals surface area (Å²) in [5.74, 6) is -0.400. The summed E-state index contributed by atoms with van der Waals surface area (Å²) in [6.07, 6.45) is -0.0653. The van der Waals surface area contributed by atoms with Gasteiger partial charge in [0.1, 0.15) is 6.04 Å². The average Bonchev–Trinajstić information content (AvgIpc) is 2.17. The third-order valence-corrected chi connectivity index (χ3v) is 2.69. The molecule has 0 aliphatic carbocycles. The van der Waals surface area contributed by atoms with E-state index < -0.39 is 6.04 Å². The minimum atomic E-state index is -0.444. The molecule has 1 amide bonds. The predicted octanol–water partition coefficient (Wildman–Crippen LogP) is 1.08. The zero-order valence-corrected chi connectivity index (χ0v) is 9.37. The predicted molar refractivity (Wildman–Crippen MR) is 57.8 cm³/mol. The second kappa shape index (κ2) is 4.12. The van der Waals surface area contributed by atoms with E-state index in [0.29, 0.717) is 0 Å². The molecule has 1 unspecified atom stereocenters.